The van der Waals surface area contributed by atoms with Crippen LogP contribution in [0, 0.1) is 23.2 Å². The molecule has 5 unspecified atom stereocenters. The highest BCUT2D eigenvalue weighted by Gasteiger charge is 2.61. The smallest absolute Gasteiger partial charge is 0.00134 e. The second-order valence-corrected chi connectivity index (χ2v) is 7.85. The van der Waals surface area contributed by atoms with Crippen molar-refractivity contribution in [2.24, 2.45) is 23.2 Å². The zero-order chi connectivity index (χ0) is 14.3. The van der Waals surface area contributed by atoms with E-state index in [-0.39, 0.29) is 0 Å². The maximum Gasteiger partial charge on any atom is 0.00134 e. The fraction of sp³-hybridized carbons (Fsp3) is 0.700. The normalized spacial score (nSPS) is 40.6. The molecule has 4 rings (SSSR count). The van der Waals surface area contributed by atoms with E-state index in [1.165, 1.54) is 51.6 Å². The highest BCUT2D eigenvalue weighted by atomic mass is 14.9. The molecule has 0 aromatic heterocycles. The molecule has 5 atom stereocenters. The molecule has 1 N–H and O–H groups in total. The minimum Gasteiger partial charge on any atom is -0.316 e. The lowest BCUT2D eigenvalue weighted by Crippen LogP contribution is -2.41. The average Bonchev–Trinajstić information content (AvgIpc) is 3.10. The van der Waals surface area contributed by atoms with E-state index in [0.29, 0.717) is 5.41 Å². The van der Waals surface area contributed by atoms with Gasteiger partial charge in [-0.1, -0.05) is 43.7 Å². The quantitative estimate of drug-likeness (QED) is 0.753. The first kappa shape index (κ1) is 13.8. The lowest BCUT2D eigenvalue weighted by molar-refractivity contribution is 0.122. The van der Waals surface area contributed by atoms with Gasteiger partial charge in [-0.25, -0.2) is 0 Å². The Morgan fingerprint density at radius 2 is 2.00 bits per heavy atom. The number of hydrogen-bond donors (Lipinski definition) is 1. The summed E-state index contributed by atoms with van der Waals surface area (Å²) in [5, 5.41) is 3.80. The van der Waals surface area contributed by atoms with Crippen molar-refractivity contribution in [3.8, 4) is 0 Å². The summed E-state index contributed by atoms with van der Waals surface area (Å²) in [7, 11) is 0. The van der Waals surface area contributed by atoms with E-state index in [4.69, 9.17) is 0 Å². The minimum absolute atomic E-state index is 0.637. The Balaban J connectivity index is 1.52. The molecule has 0 aliphatic heterocycles. The molecule has 1 heteroatoms. The van der Waals surface area contributed by atoms with Crippen LogP contribution in [0.15, 0.2) is 30.3 Å². The van der Waals surface area contributed by atoms with Crippen LogP contribution in [0.2, 0.25) is 0 Å². The van der Waals surface area contributed by atoms with E-state index in [2.05, 4.69) is 42.6 Å². The van der Waals surface area contributed by atoms with Crippen molar-refractivity contribution in [3.63, 3.8) is 0 Å². The third kappa shape index (κ3) is 2.34. The number of nitrogens with one attached hydrogen (secondary N) is 1. The van der Waals surface area contributed by atoms with Crippen LogP contribution < -0.4 is 5.32 Å². The van der Waals surface area contributed by atoms with Crippen LogP contribution in [0.4, 0.5) is 0 Å². The monoisotopic (exact) mass is 283 g/mol. The van der Waals surface area contributed by atoms with Gasteiger partial charge in [0.25, 0.3) is 0 Å². The van der Waals surface area contributed by atoms with Crippen LogP contribution in [0.3, 0.4) is 0 Å². The lowest BCUT2D eigenvalue weighted by atomic mass is 9.68. The molecule has 21 heavy (non-hydrogen) atoms. The maximum atomic E-state index is 3.80. The predicted octanol–water partition coefficient (Wildman–Crippen LogP) is 4.60. The molecule has 1 aromatic carbocycles. The number of benzene rings is 1. The standard InChI is InChI=1S/C20H29N/c1-2-10-21-14-20(13-15-8-9-17(20)11-15)19-12-18(19)16-6-4-3-5-7-16/h3-7,15,17-19,21H,2,8-14H2,1H3. The van der Waals surface area contributed by atoms with Gasteiger partial charge in [0.2, 0.25) is 0 Å². The Bertz CT molecular complexity index is 482. The molecule has 1 aromatic rings. The molecule has 0 radical (unpaired) electrons. The highest BCUT2D eigenvalue weighted by molar-refractivity contribution is 5.28. The van der Waals surface area contributed by atoms with E-state index in [1.54, 1.807) is 5.56 Å². The van der Waals surface area contributed by atoms with Crippen LogP contribution in [-0.4, -0.2) is 13.1 Å². The van der Waals surface area contributed by atoms with Gasteiger partial charge in [0.15, 0.2) is 0 Å². The molecular formula is C20H29N. The van der Waals surface area contributed by atoms with Gasteiger partial charge in [-0.2, -0.15) is 0 Å². The molecule has 3 aliphatic carbocycles. The summed E-state index contributed by atoms with van der Waals surface area (Å²) >= 11 is 0. The summed E-state index contributed by atoms with van der Waals surface area (Å²) in [6.07, 6.45) is 8.78. The number of hydrogen-bond acceptors (Lipinski definition) is 1. The van der Waals surface area contributed by atoms with E-state index in [9.17, 15) is 0 Å². The Morgan fingerprint density at radius 1 is 1.14 bits per heavy atom. The van der Waals surface area contributed by atoms with Crippen LogP contribution >= 0.6 is 0 Å². The first-order valence-electron chi connectivity index (χ1n) is 9.09. The molecule has 3 fully saturated rings. The summed E-state index contributed by atoms with van der Waals surface area (Å²) < 4.78 is 0. The Morgan fingerprint density at radius 3 is 2.67 bits per heavy atom. The van der Waals surface area contributed by atoms with E-state index < -0.39 is 0 Å². The van der Waals surface area contributed by atoms with Crippen LogP contribution in [-0.2, 0) is 0 Å². The molecular weight excluding hydrogens is 254 g/mol. The molecule has 0 saturated heterocycles. The van der Waals surface area contributed by atoms with Crippen molar-refractivity contribution in [1.82, 2.24) is 5.32 Å². The van der Waals surface area contributed by atoms with Gasteiger partial charge < -0.3 is 5.32 Å². The Kier molecular flexibility index (Phi) is 3.57. The van der Waals surface area contributed by atoms with E-state index >= 15 is 0 Å². The first-order chi connectivity index (χ1) is 10.3. The third-order valence-corrected chi connectivity index (χ3v) is 6.66. The summed E-state index contributed by atoms with van der Waals surface area (Å²) in [4.78, 5) is 0. The van der Waals surface area contributed by atoms with Gasteiger partial charge in [-0.15, -0.1) is 0 Å². The molecule has 0 amide bonds. The molecule has 0 heterocycles. The van der Waals surface area contributed by atoms with Crippen molar-refractivity contribution in [3.05, 3.63) is 35.9 Å². The van der Waals surface area contributed by atoms with E-state index in [1.807, 2.05) is 0 Å². The van der Waals surface area contributed by atoms with Gasteiger partial charge in [0.1, 0.15) is 0 Å². The zero-order valence-electron chi connectivity index (χ0n) is 13.4. The second kappa shape index (κ2) is 5.43. The van der Waals surface area contributed by atoms with Crippen molar-refractivity contribution < 1.29 is 0 Å². The third-order valence-electron chi connectivity index (χ3n) is 6.66. The van der Waals surface area contributed by atoms with Crippen molar-refractivity contribution in [1.29, 1.82) is 0 Å². The largest absolute Gasteiger partial charge is 0.316 e. The summed E-state index contributed by atoms with van der Waals surface area (Å²) in [6, 6.07) is 11.3. The van der Waals surface area contributed by atoms with Crippen LogP contribution in [0.1, 0.15) is 56.9 Å². The molecule has 1 nitrogen and oxygen atoms in total. The van der Waals surface area contributed by atoms with Crippen LogP contribution in [0.25, 0.3) is 0 Å². The zero-order valence-corrected chi connectivity index (χ0v) is 13.4. The topological polar surface area (TPSA) is 12.0 Å². The van der Waals surface area contributed by atoms with Gasteiger partial charge in [-0.3, -0.25) is 0 Å². The van der Waals surface area contributed by atoms with Crippen LogP contribution in [0.5, 0.6) is 0 Å². The molecule has 3 saturated carbocycles. The van der Waals surface area contributed by atoms with Crippen molar-refractivity contribution in [2.45, 2.75) is 51.4 Å². The molecule has 0 spiro atoms. The number of fused-ring (bicyclic) bond motifs is 2. The molecule has 2 bridgehead atoms. The van der Waals surface area contributed by atoms with Gasteiger partial charge in [-0.05, 0) is 73.3 Å². The van der Waals surface area contributed by atoms with Gasteiger partial charge in [0.05, 0.1) is 0 Å². The average molecular weight is 283 g/mol. The molecule has 3 aliphatic rings. The van der Waals surface area contributed by atoms with Gasteiger partial charge in [0, 0.05) is 6.54 Å². The molecule has 114 valence electrons. The fourth-order valence-corrected chi connectivity index (χ4v) is 5.69. The summed E-state index contributed by atoms with van der Waals surface area (Å²) in [6.45, 7) is 4.77. The summed E-state index contributed by atoms with van der Waals surface area (Å²) in [5.74, 6) is 3.88. The summed E-state index contributed by atoms with van der Waals surface area (Å²) in [5.41, 5.74) is 2.23. The van der Waals surface area contributed by atoms with E-state index in [0.717, 1.165) is 23.7 Å². The van der Waals surface area contributed by atoms with Crippen molar-refractivity contribution >= 4 is 0 Å². The van der Waals surface area contributed by atoms with Crippen molar-refractivity contribution in [2.75, 3.05) is 13.1 Å². The number of rotatable bonds is 6. The fourth-order valence-electron chi connectivity index (χ4n) is 5.69. The Labute approximate surface area is 129 Å². The maximum absolute atomic E-state index is 3.80. The SMILES string of the molecule is CCCNCC1(C2CC2c2ccccc2)CC2CCC1C2. The highest BCUT2D eigenvalue weighted by Crippen LogP contribution is 2.68. The minimum atomic E-state index is 0.637. The first-order valence-corrected chi connectivity index (χ1v) is 9.09. The van der Waals surface area contributed by atoms with Gasteiger partial charge >= 0.3 is 0 Å². The lowest BCUT2D eigenvalue weighted by Gasteiger charge is -2.39. The second-order valence-electron chi connectivity index (χ2n) is 7.85. The Hall–Kier alpha value is -0.820. The predicted molar refractivity (Wildman–Crippen MR) is 88.3 cm³/mol.